The summed E-state index contributed by atoms with van der Waals surface area (Å²) in [5.41, 5.74) is 0. The second-order valence-corrected chi connectivity index (χ2v) is 6.46. The molecule has 2 rings (SSSR count). The number of ether oxygens (including phenoxy) is 3. The molecule has 1 saturated heterocycles. The Labute approximate surface area is 124 Å². The molecule has 1 aromatic carbocycles. The van der Waals surface area contributed by atoms with Crippen molar-refractivity contribution in [1.29, 1.82) is 0 Å². The summed E-state index contributed by atoms with van der Waals surface area (Å²) in [6.45, 7) is 0.400. The number of benzene rings is 1. The summed E-state index contributed by atoms with van der Waals surface area (Å²) >= 11 is 0. The van der Waals surface area contributed by atoms with Gasteiger partial charge in [0.1, 0.15) is 16.4 Å². The van der Waals surface area contributed by atoms with Crippen molar-refractivity contribution in [2.45, 2.75) is 11.0 Å². The molecule has 1 aliphatic rings. The van der Waals surface area contributed by atoms with Crippen molar-refractivity contribution in [3.05, 3.63) is 18.2 Å². The van der Waals surface area contributed by atoms with Crippen molar-refractivity contribution in [2.24, 2.45) is 0 Å². The minimum absolute atomic E-state index is 0.0735. The van der Waals surface area contributed by atoms with Gasteiger partial charge in [0.05, 0.1) is 33.5 Å². The molecule has 0 amide bonds. The second-order valence-electron chi connectivity index (χ2n) is 4.56. The van der Waals surface area contributed by atoms with Crippen LogP contribution < -0.4 is 9.47 Å². The van der Waals surface area contributed by atoms with Crippen LogP contribution in [0.5, 0.6) is 11.5 Å². The van der Waals surface area contributed by atoms with Crippen LogP contribution in [0.3, 0.4) is 0 Å². The largest absolute Gasteiger partial charge is 0.497 e. The van der Waals surface area contributed by atoms with E-state index >= 15 is 0 Å². The first-order valence-electron chi connectivity index (χ1n) is 6.47. The fourth-order valence-corrected chi connectivity index (χ4v) is 3.74. The van der Waals surface area contributed by atoms with Gasteiger partial charge in [-0.15, -0.1) is 0 Å². The standard InChI is InChI=1S/C13H19NO6S/c1-18-10-3-4-13(12(7-10)19-2)21(16,17)14-5-6-20-11(8-14)9-15/h3-4,7,11,15H,5-6,8-9H2,1-2H3. The molecular formula is C13H19NO6S. The van der Waals surface area contributed by atoms with Gasteiger partial charge >= 0.3 is 0 Å². The van der Waals surface area contributed by atoms with E-state index < -0.39 is 16.1 Å². The molecule has 8 heteroatoms. The Hall–Kier alpha value is -1.35. The lowest BCUT2D eigenvalue weighted by molar-refractivity contribution is -0.0304. The minimum Gasteiger partial charge on any atom is -0.497 e. The Kier molecular flexibility index (Phi) is 5.04. The van der Waals surface area contributed by atoms with E-state index in [0.717, 1.165) is 0 Å². The van der Waals surface area contributed by atoms with Crippen molar-refractivity contribution in [2.75, 3.05) is 40.5 Å². The van der Waals surface area contributed by atoms with Gasteiger partial charge in [0.15, 0.2) is 0 Å². The zero-order valence-corrected chi connectivity index (χ0v) is 12.8. The molecule has 0 radical (unpaired) electrons. The SMILES string of the molecule is COc1ccc(S(=O)(=O)N2CCOC(CO)C2)c(OC)c1. The molecule has 1 aromatic rings. The van der Waals surface area contributed by atoms with Crippen molar-refractivity contribution in [1.82, 2.24) is 4.31 Å². The van der Waals surface area contributed by atoms with E-state index in [1.54, 1.807) is 6.07 Å². The molecule has 0 spiro atoms. The molecule has 0 bridgehead atoms. The molecule has 7 nitrogen and oxygen atoms in total. The number of rotatable bonds is 5. The van der Waals surface area contributed by atoms with Crippen molar-refractivity contribution >= 4 is 10.0 Å². The Balaban J connectivity index is 2.35. The third-order valence-corrected chi connectivity index (χ3v) is 5.20. The van der Waals surface area contributed by atoms with Crippen LogP contribution in [0, 0.1) is 0 Å². The summed E-state index contributed by atoms with van der Waals surface area (Å²) in [6.07, 6.45) is -0.502. The van der Waals surface area contributed by atoms with Gasteiger partial charge < -0.3 is 19.3 Å². The Morgan fingerprint density at radius 1 is 1.38 bits per heavy atom. The van der Waals surface area contributed by atoms with Crippen molar-refractivity contribution in [3.8, 4) is 11.5 Å². The van der Waals surface area contributed by atoms with Crippen LogP contribution in [0.4, 0.5) is 0 Å². The van der Waals surface area contributed by atoms with Crippen LogP contribution in [0.1, 0.15) is 0 Å². The Bertz CT molecular complexity index is 588. The third-order valence-electron chi connectivity index (χ3n) is 3.29. The number of morpholine rings is 1. The lowest BCUT2D eigenvalue weighted by atomic mass is 10.3. The van der Waals surface area contributed by atoms with Crippen LogP contribution in [-0.2, 0) is 14.8 Å². The molecule has 0 aromatic heterocycles. The van der Waals surface area contributed by atoms with Gasteiger partial charge in [0.25, 0.3) is 0 Å². The molecule has 1 fully saturated rings. The fraction of sp³-hybridized carbons (Fsp3) is 0.538. The van der Waals surface area contributed by atoms with E-state index in [2.05, 4.69) is 0 Å². The number of methoxy groups -OCH3 is 2. The summed E-state index contributed by atoms with van der Waals surface area (Å²) in [7, 11) is -0.808. The predicted molar refractivity (Wildman–Crippen MR) is 75.1 cm³/mol. The predicted octanol–water partition coefficient (Wildman–Crippen LogP) is 0.0856. The Morgan fingerprint density at radius 3 is 2.76 bits per heavy atom. The minimum atomic E-state index is -3.71. The van der Waals surface area contributed by atoms with Gasteiger partial charge in [0, 0.05) is 19.2 Å². The highest BCUT2D eigenvalue weighted by atomic mass is 32.2. The first-order valence-corrected chi connectivity index (χ1v) is 7.91. The zero-order chi connectivity index (χ0) is 15.5. The lowest BCUT2D eigenvalue weighted by Gasteiger charge is -2.31. The van der Waals surface area contributed by atoms with Crippen LogP contribution >= 0.6 is 0 Å². The average Bonchev–Trinajstić information content (AvgIpc) is 2.54. The van der Waals surface area contributed by atoms with Gasteiger partial charge in [-0.05, 0) is 12.1 Å². The average molecular weight is 317 g/mol. The van der Waals surface area contributed by atoms with Gasteiger partial charge in [-0.3, -0.25) is 0 Å². The number of sulfonamides is 1. The van der Waals surface area contributed by atoms with Crippen LogP contribution in [-0.4, -0.2) is 64.5 Å². The van der Waals surface area contributed by atoms with Gasteiger partial charge in [-0.1, -0.05) is 0 Å². The van der Waals surface area contributed by atoms with E-state index in [-0.39, 0.29) is 36.9 Å². The zero-order valence-electron chi connectivity index (χ0n) is 12.0. The maximum Gasteiger partial charge on any atom is 0.246 e. The van der Waals surface area contributed by atoms with E-state index in [9.17, 15) is 8.42 Å². The summed E-state index contributed by atoms with van der Waals surface area (Å²) < 4.78 is 42.2. The Morgan fingerprint density at radius 2 is 2.14 bits per heavy atom. The number of nitrogens with zero attached hydrogens (tertiary/aromatic N) is 1. The molecule has 118 valence electrons. The van der Waals surface area contributed by atoms with Crippen LogP contribution in [0.15, 0.2) is 23.1 Å². The van der Waals surface area contributed by atoms with E-state index in [1.807, 2.05) is 0 Å². The van der Waals surface area contributed by atoms with E-state index in [4.69, 9.17) is 19.3 Å². The monoisotopic (exact) mass is 317 g/mol. The quantitative estimate of drug-likeness (QED) is 0.828. The van der Waals surface area contributed by atoms with E-state index in [1.165, 1.54) is 30.7 Å². The summed E-state index contributed by atoms with van der Waals surface area (Å²) in [5.74, 6) is 0.738. The highest BCUT2D eigenvalue weighted by Crippen LogP contribution is 2.31. The molecule has 1 unspecified atom stereocenters. The summed E-state index contributed by atoms with van der Waals surface area (Å²) in [5, 5.41) is 9.13. The number of hydrogen-bond donors (Lipinski definition) is 1. The van der Waals surface area contributed by atoms with Crippen molar-refractivity contribution < 1.29 is 27.7 Å². The molecule has 1 atom stereocenters. The maximum atomic E-state index is 12.7. The fourth-order valence-electron chi connectivity index (χ4n) is 2.15. The third kappa shape index (κ3) is 3.29. The summed E-state index contributed by atoms with van der Waals surface area (Å²) in [4.78, 5) is 0.0735. The molecule has 0 saturated carbocycles. The smallest absolute Gasteiger partial charge is 0.246 e. The van der Waals surface area contributed by atoms with Crippen LogP contribution in [0.2, 0.25) is 0 Å². The number of aliphatic hydroxyl groups is 1. The first kappa shape index (κ1) is 16.0. The first-order chi connectivity index (χ1) is 10.0. The number of aliphatic hydroxyl groups excluding tert-OH is 1. The molecule has 1 heterocycles. The summed E-state index contributed by atoms with van der Waals surface area (Å²) in [6, 6.07) is 4.55. The van der Waals surface area contributed by atoms with Crippen molar-refractivity contribution in [3.63, 3.8) is 0 Å². The molecule has 21 heavy (non-hydrogen) atoms. The van der Waals surface area contributed by atoms with Crippen LogP contribution in [0.25, 0.3) is 0 Å². The van der Waals surface area contributed by atoms with Gasteiger partial charge in [-0.25, -0.2) is 8.42 Å². The second kappa shape index (κ2) is 6.61. The molecular weight excluding hydrogens is 298 g/mol. The normalized spacial score (nSPS) is 20.2. The lowest BCUT2D eigenvalue weighted by Crippen LogP contribution is -2.46. The molecule has 0 aliphatic carbocycles. The molecule has 1 N–H and O–H groups in total. The van der Waals surface area contributed by atoms with Gasteiger partial charge in [0.2, 0.25) is 10.0 Å². The van der Waals surface area contributed by atoms with Gasteiger partial charge in [-0.2, -0.15) is 4.31 Å². The topological polar surface area (TPSA) is 85.3 Å². The molecule has 1 aliphatic heterocycles. The highest BCUT2D eigenvalue weighted by molar-refractivity contribution is 7.89. The number of hydrogen-bond acceptors (Lipinski definition) is 6. The highest BCUT2D eigenvalue weighted by Gasteiger charge is 2.32. The maximum absolute atomic E-state index is 12.7. The van der Waals surface area contributed by atoms with E-state index in [0.29, 0.717) is 5.75 Å².